The molecule has 1 fully saturated rings. The van der Waals surface area contributed by atoms with E-state index in [-0.39, 0.29) is 6.03 Å². The molecule has 1 aliphatic heterocycles. The molecule has 1 aliphatic rings. The number of nitrogens with one attached hydrogen (secondary N) is 1. The van der Waals surface area contributed by atoms with E-state index >= 15 is 0 Å². The monoisotopic (exact) mass is 307 g/mol. The summed E-state index contributed by atoms with van der Waals surface area (Å²) in [4.78, 5) is 18.3. The highest BCUT2D eigenvalue weighted by Crippen LogP contribution is 2.27. The van der Waals surface area contributed by atoms with Crippen LogP contribution in [0.15, 0.2) is 36.5 Å². The summed E-state index contributed by atoms with van der Waals surface area (Å²) >= 11 is 0. The van der Waals surface area contributed by atoms with Gasteiger partial charge in [0.15, 0.2) is 0 Å². The van der Waals surface area contributed by atoms with Crippen molar-refractivity contribution in [3.8, 4) is 11.4 Å². The molecule has 0 aliphatic carbocycles. The summed E-state index contributed by atoms with van der Waals surface area (Å²) in [6.45, 7) is 3.43. The van der Waals surface area contributed by atoms with Gasteiger partial charge in [0, 0.05) is 37.4 Å². The van der Waals surface area contributed by atoms with Crippen molar-refractivity contribution in [2.45, 2.75) is 6.92 Å². The zero-order chi connectivity index (χ0) is 16.0. The minimum absolute atomic E-state index is 0.0537. The Bertz CT molecular complexity index is 914. The highest BCUT2D eigenvalue weighted by Gasteiger charge is 2.21. The van der Waals surface area contributed by atoms with E-state index in [4.69, 9.17) is 4.98 Å². The lowest BCUT2D eigenvalue weighted by Crippen LogP contribution is -2.27. The maximum Gasteiger partial charge on any atom is 0.321 e. The van der Waals surface area contributed by atoms with Crippen LogP contribution in [0, 0.1) is 6.92 Å². The van der Waals surface area contributed by atoms with E-state index in [1.807, 2.05) is 43.6 Å². The van der Waals surface area contributed by atoms with E-state index in [9.17, 15) is 4.79 Å². The minimum atomic E-state index is -0.0537. The van der Waals surface area contributed by atoms with Crippen LogP contribution in [0.3, 0.4) is 0 Å². The predicted molar refractivity (Wildman–Crippen MR) is 89.4 cm³/mol. The van der Waals surface area contributed by atoms with Crippen LogP contribution >= 0.6 is 0 Å². The van der Waals surface area contributed by atoms with Gasteiger partial charge in [-0.05, 0) is 36.8 Å². The van der Waals surface area contributed by atoms with Crippen molar-refractivity contribution < 1.29 is 4.79 Å². The van der Waals surface area contributed by atoms with Crippen molar-refractivity contribution in [2.24, 2.45) is 7.05 Å². The molecule has 6 heteroatoms. The zero-order valence-electron chi connectivity index (χ0n) is 13.1. The number of urea groups is 1. The van der Waals surface area contributed by atoms with Gasteiger partial charge in [0.05, 0.1) is 11.2 Å². The van der Waals surface area contributed by atoms with E-state index in [1.165, 1.54) is 0 Å². The average Bonchev–Trinajstić information content (AvgIpc) is 3.15. The molecule has 1 N–H and O–H groups in total. The van der Waals surface area contributed by atoms with Crippen molar-refractivity contribution in [1.82, 2.24) is 20.1 Å². The number of aryl methyl sites for hydroxylation is 2. The van der Waals surface area contributed by atoms with Crippen LogP contribution in [-0.2, 0) is 7.05 Å². The van der Waals surface area contributed by atoms with Crippen molar-refractivity contribution in [3.63, 3.8) is 0 Å². The number of benzene rings is 1. The Hall–Kier alpha value is -2.89. The standard InChI is InChI=1S/C17H17N5O/c1-11-9-16(14-5-7-21(2)20-14)19-15-10-12(3-4-13(11)15)22-8-6-18-17(22)23/h3-5,7,9-10H,6,8H2,1-2H3,(H,18,23). The van der Waals surface area contributed by atoms with Gasteiger partial charge in [0.1, 0.15) is 5.69 Å². The first-order chi connectivity index (χ1) is 11.1. The largest absolute Gasteiger partial charge is 0.336 e. The van der Waals surface area contributed by atoms with Crippen LogP contribution in [0.5, 0.6) is 0 Å². The van der Waals surface area contributed by atoms with Gasteiger partial charge in [0.25, 0.3) is 0 Å². The van der Waals surface area contributed by atoms with E-state index in [0.29, 0.717) is 13.1 Å². The van der Waals surface area contributed by atoms with E-state index < -0.39 is 0 Å². The molecule has 3 heterocycles. The van der Waals surface area contributed by atoms with Crippen LogP contribution < -0.4 is 10.2 Å². The lowest BCUT2D eigenvalue weighted by atomic mass is 10.1. The molecule has 116 valence electrons. The number of fused-ring (bicyclic) bond motifs is 1. The number of rotatable bonds is 2. The Morgan fingerprint density at radius 2 is 2.04 bits per heavy atom. The maximum atomic E-state index is 11.9. The van der Waals surface area contributed by atoms with Gasteiger partial charge in [0.2, 0.25) is 0 Å². The molecule has 1 saturated heterocycles. The summed E-state index contributed by atoms with van der Waals surface area (Å²) in [6.07, 6.45) is 1.90. The predicted octanol–water partition coefficient (Wildman–Crippen LogP) is 2.47. The number of nitrogens with zero attached hydrogens (tertiary/aromatic N) is 4. The van der Waals surface area contributed by atoms with Gasteiger partial charge in [-0.3, -0.25) is 9.58 Å². The van der Waals surface area contributed by atoms with Crippen LogP contribution in [0.25, 0.3) is 22.3 Å². The molecule has 3 aromatic rings. The molecule has 2 amide bonds. The number of hydrogen-bond donors (Lipinski definition) is 1. The number of carbonyl (C=O) groups is 1. The number of hydrogen-bond acceptors (Lipinski definition) is 3. The second-order valence-corrected chi connectivity index (χ2v) is 5.78. The van der Waals surface area contributed by atoms with Crippen LogP contribution in [0.2, 0.25) is 0 Å². The number of aromatic nitrogens is 3. The summed E-state index contributed by atoms with van der Waals surface area (Å²) in [6, 6.07) is 9.92. The molecule has 0 atom stereocenters. The van der Waals surface area contributed by atoms with Gasteiger partial charge >= 0.3 is 6.03 Å². The molecule has 0 spiro atoms. The fraction of sp³-hybridized carbons (Fsp3) is 0.235. The van der Waals surface area contributed by atoms with E-state index in [2.05, 4.69) is 17.3 Å². The smallest absolute Gasteiger partial charge is 0.321 e. The van der Waals surface area contributed by atoms with Gasteiger partial charge in [-0.1, -0.05) is 6.07 Å². The Labute approximate surface area is 133 Å². The molecule has 0 radical (unpaired) electrons. The SMILES string of the molecule is Cc1cc(-c2ccn(C)n2)nc2cc(N3CCNC3=O)ccc12. The number of pyridine rings is 1. The summed E-state index contributed by atoms with van der Waals surface area (Å²) < 4.78 is 1.77. The summed E-state index contributed by atoms with van der Waals surface area (Å²) in [5, 5.41) is 8.33. The average molecular weight is 307 g/mol. The summed E-state index contributed by atoms with van der Waals surface area (Å²) in [5.41, 5.74) is 4.59. The number of carbonyl (C=O) groups excluding carboxylic acids is 1. The number of amides is 2. The molecule has 1 aromatic carbocycles. The van der Waals surface area contributed by atoms with Crippen molar-refractivity contribution in [1.29, 1.82) is 0 Å². The first kappa shape index (κ1) is 13.8. The fourth-order valence-corrected chi connectivity index (χ4v) is 2.96. The summed E-state index contributed by atoms with van der Waals surface area (Å²) in [7, 11) is 1.89. The van der Waals surface area contributed by atoms with Gasteiger partial charge in [-0.15, -0.1) is 0 Å². The fourth-order valence-electron chi connectivity index (χ4n) is 2.96. The molecule has 2 aromatic heterocycles. The molecule has 0 bridgehead atoms. The van der Waals surface area contributed by atoms with Crippen molar-refractivity contribution >= 4 is 22.6 Å². The third kappa shape index (κ3) is 2.32. The molecular weight excluding hydrogens is 290 g/mol. The molecule has 0 saturated carbocycles. The molecular formula is C17H17N5O. The topological polar surface area (TPSA) is 63.1 Å². The Kier molecular flexibility index (Phi) is 3.04. The zero-order valence-corrected chi connectivity index (χ0v) is 13.1. The van der Waals surface area contributed by atoms with Crippen LogP contribution in [0.1, 0.15) is 5.56 Å². The third-order valence-corrected chi connectivity index (χ3v) is 4.14. The van der Waals surface area contributed by atoms with Gasteiger partial charge in [-0.25, -0.2) is 9.78 Å². The molecule has 4 rings (SSSR count). The van der Waals surface area contributed by atoms with Crippen LogP contribution in [0.4, 0.5) is 10.5 Å². The Morgan fingerprint density at radius 3 is 2.74 bits per heavy atom. The van der Waals surface area contributed by atoms with E-state index in [1.54, 1.807) is 9.58 Å². The van der Waals surface area contributed by atoms with Crippen molar-refractivity contribution in [3.05, 3.63) is 42.1 Å². The first-order valence-corrected chi connectivity index (χ1v) is 7.58. The highest BCUT2D eigenvalue weighted by molar-refractivity contribution is 5.97. The van der Waals surface area contributed by atoms with Gasteiger partial charge in [-0.2, -0.15) is 5.10 Å². The first-order valence-electron chi connectivity index (χ1n) is 7.58. The summed E-state index contributed by atoms with van der Waals surface area (Å²) in [5.74, 6) is 0. The normalized spacial score (nSPS) is 14.5. The third-order valence-electron chi connectivity index (χ3n) is 4.14. The Morgan fingerprint density at radius 1 is 1.17 bits per heavy atom. The van der Waals surface area contributed by atoms with Crippen molar-refractivity contribution in [2.75, 3.05) is 18.0 Å². The molecule has 6 nitrogen and oxygen atoms in total. The lowest BCUT2D eigenvalue weighted by Gasteiger charge is -2.15. The van der Waals surface area contributed by atoms with E-state index in [0.717, 1.165) is 33.5 Å². The quantitative estimate of drug-likeness (QED) is 0.791. The minimum Gasteiger partial charge on any atom is -0.336 e. The maximum absolute atomic E-state index is 11.9. The Balaban J connectivity index is 1.84. The number of anilines is 1. The second kappa shape index (κ2) is 5.08. The van der Waals surface area contributed by atoms with Gasteiger partial charge < -0.3 is 5.32 Å². The van der Waals surface area contributed by atoms with Crippen LogP contribution in [-0.4, -0.2) is 33.9 Å². The highest BCUT2D eigenvalue weighted by atomic mass is 16.2. The molecule has 23 heavy (non-hydrogen) atoms. The molecule has 0 unspecified atom stereocenters. The lowest BCUT2D eigenvalue weighted by molar-refractivity contribution is 0.252. The second-order valence-electron chi connectivity index (χ2n) is 5.78.